The van der Waals surface area contributed by atoms with Crippen molar-refractivity contribution in [1.29, 1.82) is 0 Å². The van der Waals surface area contributed by atoms with Gasteiger partial charge in [0.15, 0.2) is 17.4 Å². The van der Waals surface area contributed by atoms with E-state index in [1.165, 1.54) is 12.1 Å². The molecule has 25 heavy (non-hydrogen) atoms. The van der Waals surface area contributed by atoms with Gasteiger partial charge in [0.05, 0.1) is 6.61 Å². The van der Waals surface area contributed by atoms with Crippen molar-refractivity contribution in [2.24, 2.45) is 0 Å². The summed E-state index contributed by atoms with van der Waals surface area (Å²) < 4.78 is 37.6. The summed E-state index contributed by atoms with van der Waals surface area (Å²) in [6.07, 6.45) is 3.83. The maximum Gasteiger partial charge on any atom is 0.185 e. The first-order chi connectivity index (χ1) is 12.0. The minimum atomic E-state index is -1.05. The monoisotopic (exact) mass is 344 g/mol. The van der Waals surface area contributed by atoms with Crippen LogP contribution in [-0.2, 0) is 6.42 Å². The molecular formula is C20H18F2O3. The number of hydrogen-bond donors (Lipinski definition) is 0. The Labute approximate surface area is 144 Å². The first-order valence-electron chi connectivity index (χ1n) is 8.11. The first kappa shape index (κ1) is 17.1. The largest absolute Gasteiger partial charge is 0.493 e. The van der Waals surface area contributed by atoms with E-state index in [0.29, 0.717) is 17.9 Å². The Kier molecular flexibility index (Phi) is 4.83. The minimum Gasteiger partial charge on any atom is -0.493 e. The summed E-state index contributed by atoms with van der Waals surface area (Å²) in [5, 5.41) is 0. The number of ether oxygens (including phenoxy) is 2. The molecule has 3 nitrogen and oxygen atoms in total. The average Bonchev–Trinajstić information content (AvgIpc) is 2.94. The highest BCUT2D eigenvalue weighted by atomic mass is 19.2. The standard InChI is InChI=1S/C20H18F2O3/c1-3-24-19-11-15-8-12(2)25-20(15)10-14(19)5-7-18(23)13-4-6-16(21)17(22)9-13/h4-7,9-12H,3,8H2,1-2H3. The van der Waals surface area contributed by atoms with E-state index >= 15 is 0 Å². The van der Waals surface area contributed by atoms with E-state index < -0.39 is 17.4 Å². The Bertz CT molecular complexity index is 843. The second kappa shape index (κ2) is 7.05. The van der Waals surface area contributed by atoms with E-state index in [9.17, 15) is 13.6 Å². The molecule has 1 atom stereocenters. The van der Waals surface area contributed by atoms with Crippen molar-refractivity contribution in [3.8, 4) is 11.5 Å². The molecule has 0 spiro atoms. The fraction of sp³-hybridized carbons (Fsp3) is 0.250. The van der Waals surface area contributed by atoms with Crippen LogP contribution in [0.1, 0.15) is 35.3 Å². The number of halogens is 2. The highest BCUT2D eigenvalue weighted by molar-refractivity contribution is 6.07. The molecule has 0 aliphatic carbocycles. The molecule has 0 aromatic heterocycles. The number of ketones is 1. The van der Waals surface area contributed by atoms with Gasteiger partial charge in [0.25, 0.3) is 0 Å². The Morgan fingerprint density at radius 3 is 2.80 bits per heavy atom. The number of allylic oxidation sites excluding steroid dienone is 1. The van der Waals surface area contributed by atoms with Crippen molar-refractivity contribution in [2.45, 2.75) is 26.4 Å². The molecule has 0 saturated heterocycles. The lowest BCUT2D eigenvalue weighted by Gasteiger charge is -2.10. The van der Waals surface area contributed by atoms with Crippen LogP contribution in [-0.4, -0.2) is 18.5 Å². The maximum atomic E-state index is 13.3. The smallest absolute Gasteiger partial charge is 0.185 e. The van der Waals surface area contributed by atoms with Crippen LogP contribution in [0.25, 0.3) is 6.08 Å². The highest BCUT2D eigenvalue weighted by Gasteiger charge is 2.21. The zero-order valence-electron chi connectivity index (χ0n) is 14.0. The number of hydrogen-bond acceptors (Lipinski definition) is 3. The Hall–Kier alpha value is -2.69. The van der Waals surface area contributed by atoms with Crippen molar-refractivity contribution in [1.82, 2.24) is 0 Å². The van der Waals surface area contributed by atoms with E-state index in [2.05, 4.69) is 0 Å². The molecule has 0 bridgehead atoms. The maximum absolute atomic E-state index is 13.3. The van der Waals surface area contributed by atoms with Gasteiger partial charge >= 0.3 is 0 Å². The van der Waals surface area contributed by atoms with Gasteiger partial charge in [-0.05, 0) is 56.3 Å². The molecule has 130 valence electrons. The second-order valence-corrected chi connectivity index (χ2v) is 5.89. The van der Waals surface area contributed by atoms with Crippen LogP contribution in [0.3, 0.4) is 0 Å². The third-order valence-corrected chi connectivity index (χ3v) is 3.95. The Morgan fingerprint density at radius 2 is 2.08 bits per heavy atom. The van der Waals surface area contributed by atoms with Gasteiger partial charge in [0.1, 0.15) is 17.6 Å². The average molecular weight is 344 g/mol. The zero-order chi connectivity index (χ0) is 18.0. The first-order valence-corrected chi connectivity index (χ1v) is 8.11. The molecule has 0 N–H and O–H groups in total. The summed E-state index contributed by atoms with van der Waals surface area (Å²) in [5.41, 5.74) is 1.85. The predicted octanol–water partition coefficient (Wildman–Crippen LogP) is 4.58. The lowest BCUT2D eigenvalue weighted by molar-refractivity contribution is 0.104. The molecule has 0 fully saturated rings. The van der Waals surface area contributed by atoms with Crippen molar-refractivity contribution in [3.63, 3.8) is 0 Å². The summed E-state index contributed by atoms with van der Waals surface area (Å²) in [6.45, 7) is 4.36. The highest BCUT2D eigenvalue weighted by Crippen LogP contribution is 2.35. The normalized spacial score (nSPS) is 15.9. The molecular weight excluding hydrogens is 326 g/mol. The summed E-state index contributed by atoms with van der Waals surface area (Å²) >= 11 is 0. The van der Waals surface area contributed by atoms with Gasteiger partial charge in [-0.1, -0.05) is 0 Å². The van der Waals surface area contributed by atoms with Gasteiger partial charge in [-0.15, -0.1) is 0 Å². The lowest BCUT2D eigenvalue weighted by Crippen LogP contribution is -2.05. The molecule has 1 heterocycles. The summed E-state index contributed by atoms with van der Waals surface area (Å²) in [6, 6.07) is 6.83. The molecule has 5 heteroatoms. The van der Waals surface area contributed by atoms with Crippen molar-refractivity contribution in [3.05, 3.63) is 64.7 Å². The van der Waals surface area contributed by atoms with Crippen molar-refractivity contribution >= 4 is 11.9 Å². The molecule has 0 saturated carbocycles. The van der Waals surface area contributed by atoms with E-state index in [0.717, 1.165) is 29.9 Å². The quantitative estimate of drug-likeness (QED) is 0.588. The zero-order valence-corrected chi connectivity index (χ0v) is 14.0. The van der Waals surface area contributed by atoms with Gasteiger partial charge in [-0.3, -0.25) is 4.79 Å². The van der Waals surface area contributed by atoms with Crippen LogP contribution >= 0.6 is 0 Å². The van der Waals surface area contributed by atoms with Crippen LogP contribution in [0, 0.1) is 11.6 Å². The fourth-order valence-corrected chi connectivity index (χ4v) is 2.78. The van der Waals surface area contributed by atoms with Crippen LogP contribution in [0.15, 0.2) is 36.4 Å². The number of benzene rings is 2. The number of carbonyl (C=O) groups excluding carboxylic acids is 1. The van der Waals surface area contributed by atoms with Crippen LogP contribution in [0.4, 0.5) is 8.78 Å². The van der Waals surface area contributed by atoms with Crippen molar-refractivity contribution in [2.75, 3.05) is 6.61 Å². The number of carbonyl (C=O) groups is 1. The Morgan fingerprint density at radius 1 is 1.28 bits per heavy atom. The third-order valence-electron chi connectivity index (χ3n) is 3.95. The van der Waals surface area contributed by atoms with Gasteiger partial charge < -0.3 is 9.47 Å². The SMILES string of the molecule is CCOc1cc2c(cc1C=CC(=O)c1ccc(F)c(F)c1)OC(C)C2. The van der Waals surface area contributed by atoms with E-state index in [1.807, 2.05) is 26.0 Å². The van der Waals surface area contributed by atoms with Gasteiger partial charge in [0.2, 0.25) is 0 Å². The van der Waals surface area contributed by atoms with E-state index in [-0.39, 0.29) is 11.7 Å². The molecule has 0 amide bonds. The second-order valence-electron chi connectivity index (χ2n) is 5.89. The van der Waals surface area contributed by atoms with Crippen molar-refractivity contribution < 1.29 is 23.0 Å². The topological polar surface area (TPSA) is 35.5 Å². The summed E-state index contributed by atoms with van der Waals surface area (Å²) in [5.74, 6) is -1.02. The van der Waals surface area contributed by atoms with Gasteiger partial charge in [-0.2, -0.15) is 0 Å². The third kappa shape index (κ3) is 3.71. The molecule has 1 aliphatic rings. The van der Waals surface area contributed by atoms with Crippen LogP contribution in [0.2, 0.25) is 0 Å². The molecule has 2 aromatic carbocycles. The van der Waals surface area contributed by atoms with Gasteiger partial charge in [-0.25, -0.2) is 8.78 Å². The fourth-order valence-electron chi connectivity index (χ4n) is 2.78. The molecule has 3 rings (SSSR count). The number of rotatable bonds is 5. The van der Waals surface area contributed by atoms with E-state index in [4.69, 9.17) is 9.47 Å². The number of fused-ring (bicyclic) bond motifs is 1. The van der Waals surface area contributed by atoms with Gasteiger partial charge in [0, 0.05) is 23.1 Å². The molecule has 2 aromatic rings. The lowest BCUT2D eigenvalue weighted by atomic mass is 10.0. The van der Waals surface area contributed by atoms with Crippen LogP contribution in [0.5, 0.6) is 11.5 Å². The molecule has 1 aliphatic heterocycles. The predicted molar refractivity (Wildman–Crippen MR) is 91.1 cm³/mol. The summed E-state index contributed by atoms with van der Waals surface area (Å²) in [7, 11) is 0. The summed E-state index contributed by atoms with van der Waals surface area (Å²) in [4.78, 5) is 12.2. The minimum absolute atomic E-state index is 0.0825. The molecule has 1 unspecified atom stereocenters. The Balaban J connectivity index is 1.88. The van der Waals surface area contributed by atoms with Crippen LogP contribution < -0.4 is 9.47 Å². The van der Waals surface area contributed by atoms with E-state index in [1.54, 1.807) is 6.08 Å². The molecule has 0 radical (unpaired) electrons.